The maximum absolute atomic E-state index is 10.2. The van der Waals surface area contributed by atoms with Gasteiger partial charge in [0.1, 0.15) is 0 Å². The molecule has 0 bridgehead atoms. The van der Waals surface area contributed by atoms with Crippen LogP contribution in [0.5, 0.6) is 0 Å². The van der Waals surface area contributed by atoms with Gasteiger partial charge >= 0.3 is 12.1 Å². The summed E-state index contributed by atoms with van der Waals surface area (Å²) in [7, 11) is 0. The summed E-state index contributed by atoms with van der Waals surface area (Å²) in [5.74, 6) is -1.38. The summed E-state index contributed by atoms with van der Waals surface area (Å²) in [6.07, 6.45) is 0.144. The van der Waals surface area contributed by atoms with E-state index in [2.05, 4.69) is 17.0 Å². The fraction of sp³-hybridized carbons (Fsp3) is 0.143. The Morgan fingerprint density at radius 3 is 2.38 bits per heavy atom. The highest BCUT2D eigenvalue weighted by Crippen LogP contribution is 2.01. The van der Waals surface area contributed by atoms with Gasteiger partial charge in [-0.2, -0.15) is 0 Å². The second-order valence-corrected chi connectivity index (χ2v) is 2.14. The van der Waals surface area contributed by atoms with Crippen molar-refractivity contribution in [2.24, 2.45) is 11.5 Å². The van der Waals surface area contributed by atoms with Crippen LogP contribution in [0.15, 0.2) is 24.1 Å². The Labute approximate surface area is 74.5 Å². The molecule has 0 radical (unpaired) electrons. The van der Waals surface area contributed by atoms with E-state index in [1.165, 1.54) is 6.08 Å². The summed E-state index contributed by atoms with van der Waals surface area (Å²) in [5, 5.41) is 8.37. The number of aliphatic carboxylic acids is 1. The first kappa shape index (κ1) is 11.0. The van der Waals surface area contributed by atoms with Crippen LogP contribution in [0, 0.1) is 0 Å². The lowest BCUT2D eigenvalue weighted by molar-refractivity contribution is -0.132. The number of rotatable bonds is 4. The highest BCUT2D eigenvalue weighted by atomic mass is 16.6. The summed E-state index contributed by atoms with van der Waals surface area (Å²) in [5.41, 5.74) is 9.71. The van der Waals surface area contributed by atoms with Crippen molar-refractivity contribution in [2.75, 3.05) is 0 Å². The van der Waals surface area contributed by atoms with Crippen molar-refractivity contribution in [1.82, 2.24) is 0 Å². The van der Waals surface area contributed by atoms with Crippen LogP contribution in [-0.4, -0.2) is 17.2 Å². The first-order valence-corrected chi connectivity index (χ1v) is 3.27. The number of carbonyl (C=O) groups is 2. The molecule has 0 aliphatic heterocycles. The van der Waals surface area contributed by atoms with E-state index in [4.69, 9.17) is 10.8 Å². The highest BCUT2D eigenvalue weighted by Gasteiger charge is 2.02. The molecule has 0 aromatic heterocycles. The second-order valence-electron chi connectivity index (χ2n) is 2.14. The van der Waals surface area contributed by atoms with Crippen LogP contribution in [0.2, 0.25) is 0 Å². The summed E-state index contributed by atoms with van der Waals surface area (Å²) in [4.78, 5) is 20.4. The second kappa shape index (κ2) is 4.81. The topological polar surface area (TPSA) is 116 Å². The standard InChI is InChI=1S/C7H10N2O4/c1-4(6(10)11)2-3-5(8)13-7(9)12/h3H,1-2,8H2,(H2,9,12)(H,10,11). The first-order chi connectivity index (χ1) is 5.93. The van der Waals surface area contributed by atoms with Crippen molar-refractivity contribution < 1.29 is 19.4 Å². The average Bonchev–Trinajstić information content (AvgIpc) is 1.98. The molecule has 0 unspecified atom stereocenters. The van der Waals surface area contributed by atoms with Gasteiger partial charge in [-0.1, -0.05) is 6.58 Å². The van der Waals surface area contributed by atoms with Gasteiger partial charge in [0, 0.05) is 12.0 Å². The van der Waals surface area contributed by atoms with E-state index >= 15 is 0 Å². The van der Waals surface area contributed by atoms with E-state index in [0.717, 1.165) is 0 Å². The van der Waals surface area contributed by atoms with Crippen LogP contribution in [0.25, 0.3) is 0 Å². The Bertz CT molecular complexity index is 270. The molecule has 1 amide bonds. The third-order valence-corrected chi connectivity index (χ3v) is 1.07. The molecule has 0 saturated carbocycles. The number of ether oxygens (including phenoxy) is 1. The largest absolute Gasteiger partial charge is 0.478 e. The molecule has 0 aliphatic rings. The minimum atomic E-state index is -1.14. The fourth-order valence-corrected chi connectivity index (χ4v) is 0.469. The quantitative estimate of drug-likeness (QED) is 0.419. The van der Waals surface area contributed by atoms with Crippen molar-refractivity contribution in [1.29, 1.82) is 0 Å². The number of carbonyl (C=O) groups excluding carboxylic acids is 1. The average molecular weight is 186 g/mol. The van der Waals surface area contributed by atoms with Gasteiger partial charge in [0.05, 0.1) is 0 Å². The van der Waals surface area contributed by atoms with E-state index in [9.17, 15) is 9.59 Å². The number of allylic oxidation sites excluding steroid dienone is 1. The molecule has 0 aliphatic carbocycles. The molecule has 6 nitrogen and oxygen atoms in total. The minimum Gasteiger partial charge on any atom is -0.478 e. The normalized spacial score (nSPS) is 10.6. The van der Waals surface area contributed by atoms with Crippen LogP contribution in [0.1, 0.15) is 6.42 Å². The maximum Gasteiger partial charge on any atom is 0.411 e. The smallest absolute Gasteiger partial charge is 0.411 e. The summed E-state index contributed by atoms with van der Waals surface area (Å²) >= 11 is 0. The minimum absolute atomic E-state index is 0.00551. The summed E-state index contributed by atoms with van der Waals surface area (Å²) in [6.45, 7) is 3.23. The number of carboxylic acid groups (broad SMARTS) is 1. The van der Waals surface area contributed by atoms with Gasteiger partial charge in [0.2, 0.25) is 0 Å². The van der Waals surface area contributed by atoms with Crippen LogP contribution in [0.4, 0.5) is 4.79 Å². The summed E-state index contributed by atoms with van der Waals surface area (Å²) < 4.78 is 4.22. The molecule has 0 aromatic carbocycles. The fourth-order valence-electron chi connectivity index (χ4n) is 0.469. The number of hydrogen-bond donors (Lipinski definition) is 3. The van der Waals surface area contributed by atoms with Crippen molar-refractivity contribution >= 4 is 12.1 Å². The number of primary amides is 1. The first-order valence-electron chi connectivity index (χ1n) is 3.27. The molecular weight excluding hydrogens is 176 g/mol. The van der Waals surface area contributed by atoms with Crippen molar-refractivity contribution in [3.63, 3.8) is 0 Å². The van der Waals surface area contributed by atoms with Gasteiger partial charge < -0.3 is 21.3 Å². The van der Waals surface area contributed by atoms with Crippen LogP contribution >= 0.6 is 0 Å². The van der Waals surface area contributed by atoms with Gasteiger partial charge in [-0.15, -0.1) is 0 Å². The van der Waals surface area contributed by atoms with E-state index in [-0.39, 0.29) is 17.9 Å². The number of hydrogen-bond acceptors (Lipinski definition) is 4. The SMILES string of the molecule is C=C(CC=C(N)OC(N)=O)C(=O)O. The van der Waals surface area contributed by atoms with Crippen molar-refractivity contribution in [2.45, 2.75) is 6.42 Å². The highest BCUT2D eigenvalue weighted by molar-refractivity contribution is 5.86. The lowest BCUT2D eigenvalue weighted by Gasteiger charge is -1.99. The Balaban J connectivity index is 4.04. The molecule has 0 saturated heterocycles. The Morgan fingerprint density at radius 2 is 2.00 bits per heavy atom. The van der Waals surface area contributed by atoms with Gasteiger partial charge in [0.15, 0.2) is 5.88 Å². The molecule has 13 heavy (non-hydrogen) atoms. The van der Waals surface area contributed by atoms with E-state index in [1.807, 2.05) is 0 Å². The van der Waals surface area contributed by atoms with Crippen LogP contribution in [-0.2, 0) is 9.53 Å². The molecule has 0 fully saturated rings. The van der Waals surface area contributed by atoms with E-state index in [0.29, 0.717) is 0 Å². The maximum atomic E-state index is 10.2. The number of amides is 1. The zero-order valence-electron chi connectivity index (χ0n) is 6.82. The molecule has 0 aromatic rings. The molecule has 6 heteroatoms. The molecule has 72 valence electrons. The third-order valence-electron chi connectivity index (χ3n) is 1.07. The molecule has 0 heterocycles. The molecule has 0 spiro atoms. The molecule has 5 N–H and O–H groups in total. The Hall–Kier alpha value is -1.98. The monoisotopic (exact) mass is 186 g/mol. The van der Waals surface area contributed by atoms with E-state index in [1.54, 1.807) is 0 Å². The van der Waals surface area contributed by atoms with E-state index < -0.39 is 12.1 Å². The molecular formula is C7H10N2O4. The zero-order valence-corrected chi connectivity index (χ0v) is 6.82. The predicted molar refractivity (Wildman–Crippen MR) is 44.3 cm³/mol. The van der Waals surface area contributed by atoms with Gasteiger partial charge in [-0.25, -0.2) is 9.59 Å². The summed E-state index contributed by atoms with van der Waals surface area (Å²) in [6, 6.07) is 0. The lowest BCUT2D eigenvalue weighted by atomic mass is 10.2. The van der Waals surface area contributed by atoms with Gasteiger partial charge in [0.25, 0.3) is 0 Å². The van der Waals surface area contributed by atoms with Crippen LogP contribution in [0.3, 0.4) is 0 Å². The molecule has 0 rings (SSSR count). The zero-order chi connectivity index (χ0) is 10.4. The van der Waals surface area contributed by atoms with Gasteiger partial charge in [-0.05, 0) is 6.08 Å². The third kappa shape index (κ3) is 5.31. The van der Waals surface area contributed by atoms with Crippen LogP contribution < -0.4 is 11.5 Å². The Kier molecular flexibility index (Phi) is 4.08. The van der Waals surface area contributed by atoms with Gasteiger partial charge in [-0.3, -0.25) is 0 Å². The number of carboxylic acids is 1. The predicted octanol–water partition coefficient (Wildman–Crippen LogP) is -0.0873. The molecule has 0 atom stereocenters. The van der Waals surface area contributed by atoms with Crippen molar-refractivity contribution in [3.8, 4) is 0 Å². The Morgan fingerprint density at radius 1 is 1.46 bits per heavy atom. The number of nitrogens with two attached hydrogens (primary N) is 2. The van der Waals surface area contributed by atoms with Crippen molar-refractivity contribution in [3.05, 3.63) is 24.1 Å². The lowest BCUT2D eigenvalue weighted by Crippen LogP contribution is -2.16.